The molecule has 1 aromatic carbocycles. The fourth-order valence-corrected chi connectivity index (χ4v) is 1.53. The molecule has 0 saturated carbocycles. The topological polar surface area (TPSA) is 73.6 Å². The van der Waals surface area contributed by atoms with E-state index in [0.29, 0.717) is 18.0 Å². The molecule has 5 heteroatoms. The highest BCUT2D eigenvalue weighted by atomic mass is 16.5. The Labute approximate surface area is 120 Å². The van der Waals surface area contributed by atoms with Crippen molar-refractivity contribution in [2.24, 2.45) is 5.73 Å². The Morgan fingerprint density at radius 3 is 2.55 bits per heavy atom. The molecule has 0 aliphatic heterocycles. The van der Waals surface area contributed by atoms with Crippen LogP contribution in [0.15, 0.2) is 18.2 Å². The average molecular weight is 280 g/mol. The van der Waals surface area contributed by atoms with Gasteiger partial charge in [-0.15, -0.1) is 0 Å². The second-order valence-corrected chi connectivity index (χ2v) is 5.74. The summed E-state index contributed by atoms with van der Waals surface area (Å²) in [6, 6.07) is 5.54. The highest BCUT2D eigenvalue weighted by molar-refractivity contribution is 5.78. The smallest absolute Gasteiger partial charge is 0.258 e. The van der Waals surface area contributed by atoms with Crippen molar-refractivity contribution in [2.45, 2.75) is 45.9 Å². The molecule has 3 N–H and O–H groups in total. The van der Waals surface area contributed by atoms with Gasteiger partial charge in [0.1, 0.15) is 11.5 Å². The number of primary amides is 1. The number of hydrogen-bond acceptors (Lipinski definition) is 4. The molecule has 0 aliphatic rings. The summed E-state index contributed by atoms with van der Waals surface area (Å²) >= 11 is 0. The van der Waals surface area contributed by atoms with Gasteiger partial charge < -0.3 is 20.5 Å². The van der Waals surface area contributed by atoms with Crippen LogP contribution in [-0.2, 0) is 11.3 Å². The average Bonchev–Trinajstić information content (AvgIpc) is 2.35. The van der Waals surface area contributed by atoms with Crippen LogP contribution in [0.5, 0.6) is 11.5 Å². The summed E-state index contributed by atoms with van der Waals surface area (Å²) in [6.07, 6.45) is -0.685. The molecule has 1 unspecified atom stereocenters. The van der Waals surface area contributed by atoms with Gasteiger partial charge in [-0.1, -0.05) is 6.07 Å². The molecule has 1 amide bonds. The molecule has 1 aromatic rings. The number of hydrogen-bond donors (Lipinski definition) is 2. The first-order valence-corrected chi connectivity index (χ1v) is 6.61. The number of carbonyl (C=O) groups is 1. The first-order valence-electron chi connectivity index (χ1n) is 6.61. The number of nitrogens with one attached hydrogen (secondary N) is 1. The number of amides is 1. The second-order valence-electron chi connectivity index (χ2n) is 5.74. The summed E-state index contributed by atoms with van der Waals surface area (Å²) in [5.74, 6) is 0.783. The molecule has 1 rings (SSSR count). The molecule has 20 heavy (non-hydrogen) atoms. The van der Waals surface area contributed by atoms with Crippen molar-refractivity contribution in [1.29, 1.82) is 0 Å². The SMILES string of the molecule is COc1ccc(CNC(C)(C)C)c(OC(C)C(N)=O)c1. The summed E-state index contributed by atoms with van der Waals surface area (Å²) in [5.41, 5.74) is 6.18. The maximum Gasteiger partial charge on any atom is 0.258 e. The highest BCUT2D eigenvalue weighted by Gasteiger charge is 2.16. The van der Waals surface area contributed by atoms with Crippen molar-refractivity contribution < 1.29 is 14.3 Å². The van der Waals surface area contributed by atoms with Crippen molar-refractivity contribution in [3.63, 3.8) is 0 Å². The molecule has 5 nitrogen and oxygen atoms in total. The molecule has 0 aliphatic carbocycles. The third kappa shape index (κ3) is 5.09. The zero-order valence-corrected chi connectivity index (χ0v) is 12.8. The van der Waals surface area contributed by atoms with Crippen LogP contribution in [0.25, 0.3) is 0 Å². The first kappa shape index (κ1) is 16.3. The fraction of sp³-hybridized carbons (Fsp3) is 0.533. The van der Waals surface area contributed by atoms with Crippen LogP contribution in [-0.4, -0.2) is 24.7 Å². The van der Waals surface area contributed by atoms with Gasteiger partial charge in [0, 0.05) is 23.7 Å². The van der Waals surface area contributed by atoms with Crippen molar-refractivity contribution in [3.05, 3.63) is 23.8 Å². The van der Waals surface area contributed by atoms with E-state index in [0.717, 1.165) is 5.56 Å². The van der Waals surface area contributed by atoms with Gasteiger partial charge >= 0.3 is 0 Å². The van der Waals surface area contributed by atoms with E-state index in [1.165, 1.54) is 0 Å². The van der Waals surface area contributed by atoms with Gasteiger partial charge in [-0.05, 0) is 33.8 Å². The van der Waals surface area contributed by atoms with Crippen LogP contribution in [0.3, 0.4) is 0 Å². The van der Waals surface area contributed by atoms with Gasteiger partial charge in [-0.3, -0.25) is 4.79 Å². The van der Waals surface area contributed by atoms with E-state index in [2.05, 4.69) is 26.1 Å². The summed E-state index contributed by atoms with van der Waals surface area (Å²) < 4.78 is 10.8. The predicted molar refractivity (Wildman–Crippen MR) is 78.9 cm³/mol. The lowest BCUT2D eigenvalue weighted by Crippen LogP contribution is -2.35. The Balaban J connectivity index is 2.94. The van der Waals surface area contributed by atoms with E-state index in [1.54, 1.807) is 20.1 Å². The Bertz CT molecular complexity index is 467. The Hall–Kier alpha value is -1.75. The molecule has 0 radical (unpaired) electrons. The van der Waals surface area contributed by atoms with E-state index in [9.17, 15) is 4.79 Å². The molecule has 0 aromatic heterocycles. The Morgan fingerprint density at radius 2 is 2.05 bits per heavy atom. The maximum absolute atomic E-state index is 11.1. The number of nitrogens with two attached hydrogens (primary N) is 1. The van der Waals surface area contributed by atoms with Crippen LogP contribution >= 0.6 is 0 Å². The van der Waals surface area contributed by atoms with Crippen LogP contribution < -0.4 is 20.5 Å². The monoisotopic (exact) mass is 280 g/mol. The third-order valence-corrected chi connectivity index (χ3v) is 2.79. The van der Waals surface area contributed by atoms with E-state index < -0.39 is 12.0 Å². The van der Waals surface area contributed by atoms with Gasteiger partial charge in [-0.2, -0.15) is 0 Å². The lowest BCUT2D eigenvalue weighted by Gasteiger charge is -2.22. The minimum Gasteiger partial charge on any atom is -0.497 e. The normalized spacial score (nSPS) is 12.8. The van der Waals surface area contributed by atoms with Gasteiger partial charge in [0.25, 0.3) is 5.91 Å². The molecule has 0 fully saturated rings. The molecule has 112 valence electrons. The van der Waals surface area contributed by atoms with E-state index in [-0.39, 0.29) is 5.54 Å². The zero-order chi connectivity index (χ0) is 15.3. The largest absolute Gasteiger partial charge is 0.497 e. The molecule has 1 atom stereocenters. The lowest BCUT2D eigenvalue weighted by atomic mass is 10.1. The van der Waals surface area contributed by atoms with Gasteiger partial charge in [0.05, 0.1) is 7.11 Å². The molecule has 0 spiro atoms. The summed E-state index contributed by atoms with van der Waals surface area (Å²) in [4.78, 5) is 11.1. The number of carbonyl (C=O) groups excluding carboxylic acids is 1. The molecule has 0 bridgehead atoms. The Morgan fingerprint density at radius 1 is 1.40 bits per heavy atom. The first-order chi connectivity index (χ1) is 9.23. The highest BCUT2D eigenvalue weighted by Crippen LogP contribution is 2.26. The predicted octanol–water partition coefficient (Wildman–Crippen LogP) is 1.84. The number of ether oxygens (including phenoxy) is 2. The zero-order valence-electron chi connectivity index (χ0n) is 12.8. The van der Waals surface area contributed by atoms with Crippen molar-refractivity contribution >= 4 is 5.91 Å². The van der Waals surface area contributed by atoms with Crippen molar-refractivity contribution in [1.82, 2.24) is 5.32 Å². The third-order valence-electron chi connectivity index (χ3n) is 2.79. The number of rotatable bonds is 6. The number of methoxy groups -OCH3 is 1. The maximum atomic E-state index is 11.1. The second kappa shape index (κ2) is 6.61. The summed E-state index contributed by atoms with van der Waals surface area (Å²) in [6.45, 7) is 8.52. The minimum absolute atomic E-state index is 0.00744. The van der Waals surface area contributed by atoms with Gasteiger partial charge in [0.2, 0.25) is 0 Å². The van der Waals surface area contributed by atoms with Crippen LogP contribution in [0, 0.1) is 0 Å². The minimum atomic E-state index is -0.685. The van der Waals surface area contributed by atoms with E-state index in [4.69, 9.17) is 15.2 Å². The Kier molecular flexibility index (Phi) is 5.39. The van der Waals surface area contributed by atoms with Crippen molar-refractivity contribution in [2.75, 3.05) is 7.11 Å². The fourth-order valence-electron chi connectivity index (χ4n) is 1.53. The van der Waals surface area contributed by atoms with E-state index >= 15 is 0 Å². The summed E-state index contributed by atoms with van der Waals surface area (Å²) in [7, 11) is 1.59. The number of benzene rings is 1. The van der Waals surface area contributed by atoms with Crippen LogP contribution in [0.2, 0.25) is 0 Å². The van der Waals surface area contributed by atoms with Crippen LogP contribution in [0.1, 0.15) is 33.3 Å². The van der Waals surface area contributed by atoms with Crippen LogP contribution in [0.4, 0.5) is 0 Å². The standard InChI is InChI=1S/C15H24N2O3/c1-10(14(16)18)20-13-8-12(19-5)7-6-11(13)9-17-15(2,3)4/h6-8,10,17H,9H2,1-5H3,(H2,16,18). The van der Waals surface area contributed by atoms with Gasteiger partial charge in [-0.25, -0.2) is 0 Å². The molecule has 0 heterocycles. The van der Waals surface area contributed by atoms with Crippen molar-refractivity contribution in [3.8, 4) is 11.5 Å². The quantitative estimate of drug-likeness (QED) is 0.834. The summed E-state index contributed by atoms with van der Waals surface area (Å²) in [5, 5.41) is 3.38. The molecular weight excluding hydrogens is 256 g/mol. The molecular formula is C15H24N2O3. The van der Waals surface area contributed by atoms with E-state index in [1.807, 2.05) is 12.1 Å². The van der Waals surface area contributed by atoms with Gasteiger partial charge in [0.15, 0.2) is 6.10 Å². The lowest BCUT2D eigenvalue weighted by molar-refractivity contribution is -0.124. The molecule has 0 saturated heterocycles.